The van der Waals surface area contributed by atoms with E-state index in [1.807, 2.05) is 60.7 Å². The summed E-state index contributed by atoms with van der Waals surface area (Å²) >= 11 is -2.13. The Hall–Kier alpha value is -0.403. The molecule has 0 heterocycles. The van der Waals surface area contributed by atoms with Crippen LogP contribution in [-0.4, -0.2) is 43.9 Å². The summed E-state index contributed by atoms with van der Waals surface area (Å²) in [6.07, 6.45) is 0. The summed E-state index contributed by atoms with van der Waals surface area (Å²) < 4.78 is 17.0. The molecule has 0 fully saturated rings. The van der Waals surface area contributed by atoms with Gasteiger partial charge in [-0.25, -0.2) is 0 Å². The number of benzene rings is 2. The van der Waals surface area contributed by atoms with Gasteiger partial charge in [-0.1, -0.05) is 0 Å². The van der Waals surface area contributed by atoms with E-state index in [0.29, 0.717) is 22.9 Å². The van der Waals surface area contributed by atoms with Gasteiger partial charge in [-0.15, -0.1) is 0 Å². The Bertz CT molecular complexity index is 395. The Balaban J connectivity index is 1.98. The number of rotatable bonds is 5. The Morgan fingerprint density at radius 2 is 1.12 bits per heavy atom. The average Bonchev–Trinajstić information content (AvgIpc) is 2.40. The molecular weight excluding hydrogens is 430 g/mol. The van der Waals surface area contributed by atoms with Gasteiger partial charge in [0, 0.05) is 0 Å². The van der Waals surface area contributed by atoms with E-state index in [1.165, 1.54) is 0 Å². The van der Waals surface area contributed by atoms with Crippen LogP contribution in [0.2, 0.25) is 0 Å². The summed E-state index contributed by atoms with van der Waals surface area (Å²) in [5.41, 5.74) is 0. The van der Waals surface area contributed by atoms with E-state index in [-0.39, 0.29) is 0 Å². The molecule has 86 valence electrons. The van der Waals surface area contributed by atoms with Crippen LogP contribution in [0.5, 0.6) is 11.5 Å². The molecule has 2 aromatic carbocycles. The standard InChI is InChI=1S/2C6H6O.O.2Sn.2H/c2*7-6-4-2-1-3-5-6;;;;;/h2*1-5,7H;;;;;/q;;;;+2;;/p-2. The number of para-hydroxylation sites is 2. The van der Waals surface area contributed by atoms with Crippen LogP contribution in [0, 0.1) is 0 Å². The molecule has 2 rings (SSSR count). The zero-order valence-corrected chi connectivity index (χ0v) is 15.7. The maximum absolute atomic E-state index is 5.77. The Morgan fingerprint density at radius 1 is 0.706 bits per heavy atom. The van der Waals surface area contributed by atoms with Crippen LogP contribution >= 0.6 is 0 Å². The second kappa shape index (κ2) is 7.13. The summed E-state index contributed by atoms with van der Waals surface area (Å²) in [6, 6.07) is 19.3. The van der Waals surface area contributed by atoms with Gasteiger partial charge in [0.15, 0.2) is 0 Å². The quantitative estimate of drug-likeness (QED) is 0.661. The van der Waals surface area contributed by atoms with E-state index in [0.717, 1.165) is 11.5 Å². The van der Waals surface area contributed by atoms with E-state index in [1.54, 1.807) is 0 Å². The van der Waals surface area contributed by atoms with E-state index < -0.39 is 21.0 Å². The topological polar surface area (TPSA) is 27.7 Å². The molecule has 2 aromatic rings. The van der Waals surface area contributed by atoms with Gasteiger partial charge in [0.2, 0.25) is 0 Å². The van der Waals surface area contributed by atoms with Crippen molar-refractivity contribution < 1.29 is 7.56 Å². The van der Waals surface area contributed by atoms with E-state index in [4.69, 9.17) is 7.56 Å². The molecule has 0 aliphatic rings. The molecule has 0 saturated carbocycles. The zero-order chi connectivity index (χ0) is 11.9. The summed E-state index contributed by atoms with van der Waals surface area (Å²) in [5.74, 6) is 1.64. The third kappa shape index (κ3) is 4.40. The Morgan fingerprint density at radius 3 is 1.47 bits per heavy atom. The van der Waals surface area contributed by atoms with Crippen molar-refractivity contribution in [1.82, 2.24) is 0 Å². The van der Waals surface area contributed by atoms with E-state index >= 15 is 0 Å². The van der Waals surface area contributed by atoms with Crippen LogP contribution in [0.4, 0.5) is 0 Å². The van der Waals surface area contributed by atoms with Crippen molar-refractivity contribution in [2.45, 2.75) is 0 Å². The van der Waals surface area contributed by atoms with E-state index in [2.05, 4.69) is 0 Å². The van der Waals surface area contributed by atoms with Crippen molar-refractivity contribution in [3.05, 3.63) is 60.7 Å². The monoisotopic (exact) mass is 444 g/mol. The third-order valence-corrected chi connectivity index (χ3v) is 9.60. The van der Waals surface area contributed by atoms with Gasteiger partial charge in [0.25, 0.3) is 0 Å². The van der Waals surface area contributed by atoms with Crippen LogP contribution in [-0.2, 0) is 1.41 Å². The molecule has 0 unspecified atom stereocenters. The molecule has 0 aliphatic heterocycles. The van der Waals surface area contributed by atoms with Gasteiger partial charge in [-0.2, -0.15) is 0 Å². The molecule has 0 N–H and O–H groups in total. The first-order chi connectivity index (χ1) is 8.38. The van der Waals surface area contributed by atoms with Crippen molar-refractivity contribution in [3.63, 3.8) is 0 Å². The predicted octanol–water partition coefficient (Wildman–Crippen LogP) is 1.69. The minimum absolute atomic E-state index is 0.701. The van der Waals surface area contributed by atoms with Gasteiger partial charge in [-0.3, -0.25) is 0 Å². The summed E-state index contributed by atoms with van der Waals surface area (Å²) in [5, 5.41) is 0. The van der Waals surface area contributed by atoms with Crippen molar-refractivity contribution in [3.8, 4) is 11.5 Å². The van der Waals surface area contributed by atoms with Gasteiger partial charge in [0.1, 0.15) is 0 Å². The molecule has 0 atom stereocenters. The summed E-state index contributed by atoms with van der Waals surface area (Å²) in [6.45, 7) is 0. The van der Waals surface area contributed by atoms with Crippen molar-refractivity contribution in [2.75, 3.05) is 0 Å². The van der Waals surface area contributed by atoms with Crippen molar-refractivity contribution in [2.24, 2.45) is 0 Å². The van der Waals surface area contributed by atoms with E-state index in [9.17, 15) is 0 Å². The molecule has 0 spiro atoms. The van der Waals surface area contributed by atoms with Crippen LogP contribution in [0.3, 0.4) is 0 Å². The molecule has 5 heteroatoms. The Labute approximate surface area is 123 Å². The molecule has 3 nitrogen and oxygen atoms in total. The normalized spacial score (nSPS) is 10.2. The second-order valence-electron chi connectivity index (χ2n) is 3.29. The number of hydrogen-bond donors (Lipinski definition) is 0. The fourth-order valence-corrected chi connectivity index (χ4v) is 6.05. The average molecular weight is 442 g/mol. The minimum atomic E-state index is -2.83. The molecule has 0 bridgehead atoms. The first-order valence-corrected chi connectivity index (χ1v) is 10.6. The fourth-order valence-electron chi connectivity index (χ4n) is 1.30. The van der Waals surface area contributed by atoms with Crippen molar-refractivity contribution >= 4 is 43.9 Å². The van der Waals surface area contributed by atoms with Gasteiger partial charge in [-0.05, 0) is 0 Å². The molecular formula is C12H12O3Sn2. The fraction of sp³-hybridized carbons (Fsp3) is 0. The van der Waals surface area contributed by atoms with Gasteiger partial charge in [0.05, 0.1) is 0 Å². The molecule has 0 amide bonds. The first-order valence-electron chi connectivity index (χ1n) is 5.17. The Kier molecular flexibility index (Phi) is 5.47. The maximum atomic E-state index is 5.77. The number of hydrogen-bond acceptors (Lipinski definition) is 3. The zero-order valence-electron chi connectivity index (χ0n) is 9.15. The summed E-state index contributed by atoms with van der Waals surface area (Å²) in [4.78, 5) is 0. The van der Waals surface area contributed by atoms with Crippen LogP contribution < -0.4 is 6.15 Å². The summed E-state index contributed by atoms with van der Waals surface area (Å²) in [7, 11) is 0. The molecule has 17 heavy (non-hydrogen) atoms. The second-order valence-corrected chi connectivity index (χ2v) is 12.3. The first kappa shape index (κ1) is 13.0. The SMILES string of the molecule is [SnH][O][SnH]([O]c1ccccc1)[O]c1ccccc1. The molecule has 2 radical (unpaired) electrons. The van der Waals surface area contributed by atoms with Crippen LogP contribution in [0.25, 0.3) is 0 Å². The molecule has 0 saturated heterocycles. The molecule has 0 aliphatic carbocycles. The molecule has 0 aromatic heterocycles. The van der Waals surface area contributed by atoms with Gasteiger partial charge >= 0.3 is 124 Å². The van der Waals surface area contributed by atoms with Crippen LogP contribution in [0.1, 0.15) is 0 Å². The third-order valence-electron chi connectivity index (χ3n) is 2.06. The van der Waals surface area contributed by atoms with Crippen LogP contribution in [0.15, 0.2) is 60.7 Å². The van der Waals surface area contributed by atoms with Gasteiger partial charge < -0.3 is 0 Å². The predicted molar refractivity (Wildman–Crippen MR) is 69.5 cm³/mol. The van der Waals surface area contributed by atoms with Crippen molar-refractivity contribution in [1.29, 1.82) is 0 Å².